The number of non-ortho nitro benzene ring substituents is 1. The summed E-state index contributed by atoms with van der Waals surface area (Å²) in [7, 11) is 0. The first kappa shape index (κ1) is 22.9. The Bertz CT molecular complexity index is 1170. The molecule has 1 aromatic heterocycles. The Labute approximate surface area is 190 Å². The van der Waals surface area contributed by atoms with Crippen LogP contribution in [0.15, 0.2) is 45.4 Å². The molecule has 0 bridgehead atoms. The second kappa shape index (κ2) is 10.1. The average molecular weight is 504 g/mol. The number of hydrogen-bond acceptors (Lipinski definition) is 8. The monoisotopic (exact) mass is 503 g/mol. The summed E-state index contributed by atoms with van der Waals surface area (Å²) in [5.41, 5.74) is 1.45. The molecule has 3 rings (SSSR count). The van der Waals surface area contributed by atoms with E-state index in [1.165, 1.54) is 25.1 Å². The first-order valence-corrected chi connectivity index (χ1v) is 10.2. The molecule has 1 heterocycles. The Morgan fingerprint density at radius 2 is 1.81 bits per heavy atom. The van der Waals surface area contributed by atoms with Crippen LogP contribution in [0, 0.1) is 27.2 Å². The number of aryl methyl sites for hydroxylation is 1. The number of ether oxygens (including phenoxy) is 2. The summed E-state index contributed by atoms with van der Waals surface area (Å²) >= 11 is 3.47. The fraction of sp³-hybridized carbons (Fsp3) is 0.190. The van der Waals surface area contributed by atoms with E-state index in [1.54, 1.807) is 30.3 Å². The fourth-order valence-electron chi connectivity index (χ4n) is 2.84. The fourth-order valence-corrected chi connectivity index (χ4v) is 3.42. The summed E-state index contributed by atoms with van der Waals surface area (Å²) in [6.45, 7) is 3.90. The maximum Gasteiger partial charge on any atom is 0.338 e. The highest BCUT2D eigenvalue weighted by molar-refractivity contribution is 9.10. The number of benzene rings is 2. The van der Waals surface area contributed by atoms with Crippen LogP contribution in [0.3, 0.4) is 0 Å². The van der Waals surface area contributed by atoms with Crippen molar-refractivity contribution in [1.29, 1.82) is 0 Å². The highest BCUT2D eigenvalue weighted by atomic mass is 79.9. The minimum atomic E-state index is -0.540. The molecule has 0 fully saturated rings. The van der Waals surface area contributed by atoms with Crippen LogP contribution in [-0.2, 0) is 6.61 Å². The molecule has 0 spiro atoms. The molecule has 0 aliphatic rings. The van der Waals surface area contributed by atoms with E-state index < -0.39 is 9.85 Å². The molecular weight excluding hydrogens is 486 g/mol. The molecule has 3 aromatic rings. The van der Waals surface area contributed by atoms with Crippen molar-refractivity contribution in [3.8, 4) is 11.5 Å². The molecule has 0 atom stereocenters. The van der Waals surface area contributed by atoms with E-state index >= 15 is 0 Å². The number of aromatic nitrogens is 1. The average Bonchev–Trinajstić information content (AvgIpc) is 3.12. The first-order chi connectivity index (χ1) is 15.3. The minimum Gasteiger partial charge on any atom is -0.490 e. The second-order valence-corrected chi connectivity index (χ2v) is 7.40. The SMILES string of the molecule is CCOc1cc(/C=C\c2onc(C)c2[N+](=O)[O-])cc(Br)c1OCc1ccc([N+](=O)[O-])cc1. The van der Waals surface area contributed by atoms with Gasteiger partial charge < -0.3 is 14.0 Å². The highest BCUT2D eigenvalue weighted by Crippen LogP contribution is 2.38. The lowest BCUT2D eigenvalue weighted by molar-refractivity contribution is -0.386. The predicted molar refractivity (Wildman–Crippen MR) is 120 cm³/mol. The Morgan fingerprint density at radius 1 is 1.09 bits per heavy atom. The van der Waals surface area contributed by atoms with Gasteiger partial charge in [0.1, 0.15) is 6.61 Å². The Morgan fingerprint density at radius 3 is 2.44 bits per heavy atom. The van der Waals surface area contributed by atoms with E-state index in [2.05, 4.69) is 21.1 Å². The molecule has 11 heteroatoms. The molecule has 0 saturated heterocycles. The molecule has 0 amide bonds. The van der Waals surface area contributed by atoms with Crippen molar-refractivity contribution in [3.63, 3.8) is 0 Å². The predicted octanol–water partition coefficient (Wildman–Crippen LogP) is 5.71. The molecule has 0 N–H and O–H groups in total. The van der Waals surface area contributed by atoms with Gasteiger partial charge in [0, 0.05) is 12.1 Å². The molecule has 0 unspecified atom stereocenters. The van der Waals surface area contributed by atoms with Crippen LogP contribution in [0.1, 0.15) is 29.5 Å². The largest absolute Gasteiger partial charge is 0.490 e. The highest BCUT2D eigenvalue weighted by Gasteiger charge is 2.22. The van der Waals surface area contributed by atoms with Gasteiger partial charge in [0.15, 0.2) is 17.2 Å². The van der Waals surface area contributed by atoms with E-state index in [-0.39, 0.29) is 29.4 Å². The summed E-state index contributed by atoms with van der Waals surface area (Å²) in [6.07, 6.45) is 3.10. The Kier molecular flexibility index (Phi) is 7.21. The topological polar surface area (TPSA) is 131 Å². The van der Waals surface area contributed by atoms with Crippen molar-refractivity contribution in [2.75, 3.05) is 6.61 Å². The van der Waals surface area contributed by atoms with E-state index in [4.69, 9.17) is 14.0 Å². The number of nitrogens with zero attached hydrogens (tertiary/aromatic N) is 3. The van der Waals surface area contributed by atoms with Crippen molar-refractivity contribution in [2.24, 2.45) is 0 Å². The zero-order valence-electron chi connectivity index (χ0n) is 17.1. The summed E-state index contributed by atoms with van der Waals surface area (Å²) in [5.74, 6) is 0.968. The van der Waals surface area contributed by atoms with Crippen molar-refractivity contribution in [1.82, 2.24) is 5.16 Å². The van der Waals surface area contributed by atoms with Gasteiger partial charge in [-0.1, -0.05) is 11.2 Å². The molecule has 166 valence electrons. The zero-order valence-corrected chi connectivity index (χ0v) is 18.7. The summed E-state index contributed by atoms with van der Waals surface area (Å²) in [5, 5.41) is 25.6. The molecule has 0 aliphatic carbocycles. The normalized spacial score (nSPS) is 11.0. The van der Waals surface area contributed by atoms with Crippen molar-refractivity contribution < 1.29 is 23.8 Å². The third kappa shape index (κ3) is 5.30. The summed E-state index contributed by atoms with van der Waals surface area (Å²) < 4.78 is 17.2. The van der Waals surface area contributed by atoms with Gasteiger partial charge in [-0.15, -0.1) is 0 Å². The van der Waals surface area contributed by atoms with Crippen LogP contribution < -0.4 is 9.47 Å². The van der Waals surface area contributed by atoms with Crippen LogP contribution in [0.5, 0.6) is 11.5 Å². The number of halogens is 1. The standard InChI is InChI=1S/C21H18BrN3O7/c1-3-30-19-11-15(6-9-18-20(25(28)29)13(2)23-32-18)10-17(22)21(19)31-12-14-4-7-16(8-5-14)24(26)27/h4-11H,3,12H2,1-2H3/b9-6-. The third-order valence-electron chi connectivity index (χ3n) is 4.33. The van der Waals surface area contributed by atoms with Crippen LogP contribution >= 0.6 is 15.9 Å². The van der Waals surface area contributed by atoms with E-state index in [9.17, 15) is 20.2 Å². The van der Waals surface area contributed by atoms with E-state index in [0.29, 0.717) is 28.1 Å². The molecule has 0 radical (unpaired) electrons. The van der Waals surface area contributed by atoms with Crippen molar-refractivity contribution in [2.45, 2.75) is 20.5 Å². The van der Waals surface area contributed by atoms with Crippen LogP contribution in [0.2, 0.25) is 0 Å². The van der Waals surface area contributed by atoms with Crippen molar-refractivity contribution in [3.05, 3.63) is 83.7 Å². The van der Waals surface area contributed by atoms with Gasteiger partial charge in [-0.05, 0) is 71.2 Å². The van der Waals surface area contributed by atoms with Gasteiger partial charge >= 0.3 is 5.69 Å². The van der Waals surface area contributed by atoms with Crippen LogP contribution in [-0.4, -0.2) is 21.6 Å². The van der Waals surface area contributed by atoms with E-state index in [1.807, 2.05) is 6.92 Å². The van der Waals surface area contributed by atoms with Gasteiger partial charge in [0.2, 0.25) is 5.76 Å². The summed E-state index contributed by atoms with van der Waals surface area (Å²) in [6, 6.07) is 9.56. The van der Waals surface area contributed by atoms with Gasteiger partial charge in [-0.3, -0.25) is 20.2 Å². The van der Waals surface area contributed by atoms with Crippen LogP contribution in [0.4, 0.5) is 11.4 Å². The molecule has 32 heavy (non-hydrogen) atoms. The van der Waals surface area contributed by atoms with Gasteiger partial charge in [0.05, 0.1) is 20.9 Å². The van der Waals surface area contributed by atoms with Gasteiger partial charge in [0.25, 0.3) is 5.69 Å². The zero-order chi connectivity index (χ0) is 23.3. The van der Waals surface area contributed by atoms with Gasteiger partial charge in [-0.2, -0.15) is 0 Å². The molecule has 0 aliphatic heterocycles. The number of hydrogen-bond donors (Lipinski definition) is 0. The smallest absolute Gasteiger partial charge is 0.338 e. The third-order valence-corrected chi connectivity index (χ3v) is 4.92. The lowest BCUT2D eigenvalue weighted by Gasteiger charge is -2.15. The first-order valence-electron chi connectivity index (χ1n) is 9.41. The molecule has 0 saturated carbocycles. The minimum absolute atomic E-state index is 0.00302. The lowest BCUT2D eigenvalue weighted by atomic mass is 10.1. The second-order valence-electron chi connectivity index (χ2n) is 6.55. The Balaban J connectivity index is 1.83. The number of nitro groups is 2. The van der Waals surface area contributed by atoms with Crippen LogP contribution in [0.25, 0.3) is 12.2 Å². The van der Waals surface area contributed by atoms with Gasteiger partial charge in [-0.25, -0.2) is 0 Å². The quantitative estimate of drug-likeness (QED) is 0.268. The number of rotatable bonds is 9. The maximum atomic E-state index is 11.2. The maximum absolute atomic E-state index is 11.2. The van der Waals surface area contributed by atoms with E-state index in [0.717, 1.165) is 5.56 Å². The lowest BCUT2D eigenvalue weighted by Crippen LogP contribution is -2.01. The molecule has 10 nitrogen and oxygen atoms in total. The Hall–Kier alpha value is -3.73. The number of nitro benzene ring substituents is 1. The molecule has 2 aromatic carbocycles. The van der Waals surface area contributed by atoms with Crippen molar-refractivity contribution >= 4 is 39.5 Å². The summed E-state index contributed by atoms with van der Waals surface area (Å²) in [4.78, 5) is 21.0. The molecular formula is C21H18BrN3O7.